The molecule has 1 aromatic carbocycles. The van der Waals surface area contributed by atoms with Gasteiger partial charge in [0.1, 0.15) is 6.07 Å². The van der Waals surface area contributed by atoms with Crippen LogP contribution in [0.25, 0.3) is 0 Å². The molecule has 2 aromatic rings. The van der Waals surface area contributed by atoms with Gasteiger partial charge in [-0.05, 0) is 48.5 Å². The fourth-order valence-corrected chi connectivity index (χ4v) is 2.66. The van der Waals surface area contributed by atoms with Gasteiger partial charge in [-0.2, -0.15) is 5.26 Å². The van der Waals surface area contributed by atoms with Gasteiger partial charge in [-0.1, -0.05) is 34.8 Å². The maximum Gasteiger partial charge on any atom is 0.172 e. The Labute approximate surface area is 153 Å². The molecule has 2 rings (SSSR count). The molecule has 0 spiro atoms. The third kappa shape index (κ3) is 4.91. The molecule has 0 bridgehead atoms. The van der Waals surface area contributed by atoms with Gasteiger partial charge in [0.2, 0.25) is 0 Å². The van der Waals surface area contributed by atoms with Crippen molar-refractivity contribution in [2.45, 2.75) is 6.42 Å². The van der Waals surface area contributed by atoms with Gasteiger partial charge in [-0.3, -0.25) is 0 Å². The molecule has 23 heavy (non-hydrogen) atoms. The Bertz CT molecular complexity index is 758. The molecule has 0 fully saturated rings. The minimum Gasteiger partial charge on any atom is -0.362 e. The van der Waals surface area contributed by atoms with Crippen LogP contribution in [-0.4, -0.2) is 21.9 Å². The largest absolute Gasteiger partial charge is 0.362 e. The zero-order chi connectivity index (χ0) is 16.8. The number of nitrogens with zero attached hydrogens (tertiary/aromatic N) is 3. The average molecular weight is 387 g/mol. The van der Waals surface area contributed by atoms with Gasteiger partial charge >= 0.3 is 0 Å². The first-order valence-electron chi connectivity index (χ1n) is 6.42. The van der Waals surface area contributed by atoms with Crippen molar-refractivity contribution >= 4 is 58.0 Å². The number of benzene rings is 1. The van der Waals surface area contributed by atoms with Gasteiger partial charge in [-0.15, -0.1) is 10.2 Å². The highest BCUT2D eigenvalue weighted by Gasteiger charge is 2.09. The Morgan fingerprint density at radius 1 is 1.13 bits per heavy atom. The molecule has 0 radical (unpaired) electrons. The van der Waals surface area contributed by atoms with Crippen LogP contribution in [0.3, 0.4) is 0 Å². The summed E-state index contributed by atoms with van der Waals surface area (Å²) in [5.74, 6) is 0.445. The van der Waals surface area contributed by atoms with E-state index < -0.39 is 0 Å². The van der Waals surface area contributed by atoms with Gasteiger partial charge in [-0.25, -0.2) is 0 Å². The highest BCUT2D eigenvalue weighted by atomic mass is 35.5. The van der Waals surface area contributed by atoms with Crippen molar-refractivity contribution in [2.24, 2.45) is 0 Å². The van der Waals surface area contributed by atoms with Gasteiger partial charge in [0.05, 0.1) is 10.0 Å². The van der Waals surface area contributed by atoms with E-state index >= 15 is 0 Å². The molecule has 0 aliphatic rings. The molecule has 0 saturated carbocycles. The van der Waals surface area contributed by atoms with Crippen molar-refractivity contribution < 1.29 is 0 Å². The summed E-state index contributed by atoms with van der Waals surface area (Å²) in [7, 11) is 0. The van der Waals surface area contributed by atoms with E-state index in [-0.39, 0.29) is 5.69 Å². The van der Waals surface area contributed by atoms with Crippen LogP contribution in [0.2, 0.25) is 15.1 Å². The minimum atomic E-state index is 0.236. The molecule has 118 valence electrons. The minimum absolute atomic E-state index is 0.236. The maximum absolute atomic E-state index is 8.66. The lowest BCUT2D eigenvalue weighted by molar-refractivity contribution is 0.872. The van der Waals surface area contributed by atoms with Crippen molar-refractivity contribution in [1.29, 1.82) is 5.26 Å². The zero-order valence-corrected chi connectivity index (χ0v) is 14.7. The molecular weight excluding hydrogens is 377 g/mol. The summed E-state index contributed by atoms with van der Waals surface area (Å²) in [6.07, 6.45) is 0.555. The van der Waals surface area contributed by atoms with Crippen LogP contribution in [0, 0.1) is 11.3 Å². The molecular formula is C14H10Cl3N5S. The maximum atomic E-state index is 8.66. The fraction of sp³-hybridized carbons (Fsp3) is 0.143. The second-order valence-electron chi connectivity index (χ2n) is 4.37. The molecule has 0 amide bonds. The summed E-state index contributed by atoms with van der Waals surface area (Å²) in [5, 5.41) is 23.9. The number of rotatable bonds is 4. The van der Waals surface area contributed by atoms with Gasteiger partial charge in [0.25, 0.3) is 0 Å². The van der Waals surface area contributed by atoms with E-state index in [2.05, 4.69) is 20.8 Å². The van der Waals surface area contributed by atoms with E-state index in [0.29, 0.717) is 39.0 Å². The monoisotopic (exact) mass is 385 g/mol. The van der Waals surface area contributed by atoms with Crippen LogP contribution in [0.5, 0.6) is 0 Å². The number of nitriles is 1. The molecule has 0 atom stereocenters. The summed E-state index contributed by atoms with van der Waals surface area (Å²) in [4.78, 5) is 0. The van der Waals surface area contributed by atoms with Crippen LogP contribution in [0.4, 0.5) is 5.82 Å². The van der Waals surface area contributed by atoms with Crippen LogP contribution in [0.1, 0.15) is 11.3 Å². The van der Waals surface area contributed by atoms with Gasteiger partial charge in [0, 0.05) is 11.6 Å². The van der Waals surface area contributed by atoms with Crippen molar-refractivity contribution in [2.75, 3.05) is 11.9 Å². The lowest BCUT2D eigenvalue weighted by Gasteiger charge is -2.11. The summed E-state index contributed by atoms with van der Waals surface area (Å²) in [5.41, 5.74) is 0.994. The van der Waals surface area contributed by atoms with Crippen LogP contribution < -0.4 is 10.6 Å². The molecule has 1 heterocycles. The van der Waals surface area contributed by atoms with Crippen molar-refractivity contribution in [3.05, 3.63) is 50.6 Å². The summed E-state index contributed by atoms with van der Waals surface area (Å²) < 4.78 is 0. The lowest BCUT2D eigenvalue weighted by Crippen LogP contribution is -2.30. The van der Waals surface area contributed by atoms with Crippen molar-refractivity contribution in [3.8, 4) is 6.07 Å². The number of hydrogen-bond donors (Lipinski definition) is 2. The summed E-state index contributed by atoms with van der Waals surface area (Å²) in [6, 6.07) is 8.40. The number of nitrogens with one attached hydrogen (secondary N) is 2. The van der Waals surface area contributed by atoms with Gasteiger partial charge in [0.15, 0.2) is 16.6 Å². The number of hydrogen-bond acceptors (Lipinski definition) is 4. The summed E-state index contributed by atoms with van der Waals surface area (Å²) >= 11 is 23.4. The SMILES string of the molecule is N#Cc1ccc(NC(=S)NCCc2c(Cl)ccc(Cl)c2Cl)nn1. The zero-order valence-electron chi connectivity index (χ0n) is 11.6. The Hall–Kier alpha value is -1.65. The van der Waals surface area contributed by atoms with E-state index in [0.717, 1.165) is 5.56 Å². The molecule has 0 unspecified atom stereocenters. The van der Waals surface area contributed by atoms with Crippen LogP contribution in [0.15, 0.2) is 24.3 Å². The Balaban J connectivity index is 1.88. The Kier molecular flexibility index (Phi) is 6.37. The number of aromatic nitrogens is 2. The third-order valence-corrected chi connectivity index (χ3v) is 4.26. The third-order valence-electron chi connectivity index (χ3n) is 2.82. The standard InChI is InChI=1S/C14H10Cl3N5S/c15-10-2-3-11(16)13(17)9(10)5-6-19-14(23)20-12-4-1-8(7-18)21-22-12/h1-4H,5-6H2,(H2,19,20,22,23). The Morgan fingerprint density at radius 3 is 2.52 bits per heavy atom. The number of thiocarbonyl (C=S) groups is 1. The van der Waals surface area contributed by atoms with E-state index in [1.807, 2.05) is 6.07 Å². The van der Waals surface area contributed by atoms with Crippen molar-refractivity contribution in [3.63, 3.8) is 0 Å². The van der Waals surface area contributed by atoms with Crippen LogP contribution >= 0.6 is 47.0 Å². The summed E-state index contributed by atoms with van der Waals surface area (Å²) in [6.45, 7) is 0.509. The van der Waals surface area contributed by atoms with E-state index in [1.165, 1.54) is 0 Å². The molecule has 0 aliphatic carbocycles. The highest BCUT2D eigenvalue weighted by Crippen LogP contribution is 2.31. The van der Waals surface area contributed by atoms with Crippen molar-refractivity contribution in [1.82, 2.24) is 15.5 Å². The molecule has 0 aliphatic heterocycles. The predicted octanol–water partition coefficient (Wildman–Crippen LogP) is 3.84. The van der Waals surface area contributed by atoms with E-state index in [4.69, 9.17) is 52.3 Å². The second kappa shape index (κ2) is 8.27. The number of halogens is 3. The van der Waals surface area contributed by atoms with Gasteiger partial charge < -0.3 is 10.6 Å². The Morgan fingerprint density at radius 2 is 1.87 bits per heavy atom. The van der Waals surface area contributed by atoms with E-state index in [9.17, 15) is 0 Å². The second-order valence-corrected chi connectivity index (χ2v) is 5.97. The lowest BCUT2D eigenvalue weighted by atomic mass is 10.1. The first-order chi connectivity index (χ1) is 11.0. The fourth-order valence-electron chi connectivity index (χ4n) is 1.72. The molecule has 5 nitrogen and oxygen atoms in total. The van der Waals surface area contributed by atoms with E-state index in [1.54, 1.807) is 24.3 Å². The first-order valence-corrected chi connectivity index (χ1v) is 7.96. The smallest absolute Gasteiger partial charge is 0.172 e. The average Bonchev–Trinajstić information content (AvgIpc) is 2.55. The normalized spacial score (nSPS) is 10.0. The number of anilines is 1. The first kappa shape index (κ1) is 17.7. The quantitative estimate of drug-likeness (QED) is 0.614. The molecule has 1 aromatic heterocycles. The predicted molar refractivity (Wildman–Crippen MR) is 96.1 cm³/mol. The highest BCUT2D eigenvalue weighted by molar-refractivity contribution is 7.80. The molecule has 9 heteroatoms. The molecule has 2 N–H and O–H groups in total. The topological polar surface area (TPSA) is 73.6 Å². The van der Waals surface area contributed by atoms with Crippen LogP contribution in [-0.2, 0) is 6.42 Å². The molecule has 0 saturated heterocycles.